The van der Waals surface area contributed by atoms with E-state index in [-0.39, 0.29) is 0 Å². The molecule has 0 aromatic rings. The van der Waals surface area contributed by atoms with E-state index < -0.39 is 0 Å². The molecule has 0 amide bonds. The maximum atomic E-state index is 5.79. The van der Waals surface area contributed by atoms with E-state index in [0.717, 1.165) is 6.61 Å². The molecule has 1 heteroatoms. The molecule has 0 aliphatic carbocycles. The van der Waals surface area contributed by atoms with Gasteiger partial charge in [-0.15, -0.1) is 0 Å². The molecule has 0 aromatic carbocycles. The van der Waals surface area contributed by atoms with Gasteiger partial charge in [0.05, 0.1) is 6.10 Å². The fourth-order valence-corrected chi connectivity index (χ4v) is 1.56. The topological polar surface area (TPSA) is 9.23 Å². The SMILES string of the molecule is CCC(C)(CC)CCCOC(C)C(C)C. The summed E-state index contributed by atoms with van der Waals surface area (Å²) in [6, 6.07) is 0. The lowest BCUT2D eigenvalue weighted by molar-refractivity contribution is 0.0284. The van der Waals surface area contributed by atoms with Gasteiger partial charge in [0.15, 0.2) is 0 Å². The fraction of sp³-hybridized carbons (Fsp3) is 1.00. The maximum Gasteiger partial charge on any atom is 0.0569 e. The van der Waals surface area contributed by atoms with E-state index in [1.165, 1.54) is 25.7 Å². The molecule has 1 nitrogen and oxygen atoms in total. The first-order valence-corrected chi connectivity index (χ1v) is 6.56. The molecule has 0 bridgehead atoms. The van der Waals surface area contributed by atoms with Crippen molar-refractivity contribution in [1.29, 1.82) is 0 Å². The van der Waals surface area contributed by atoms with Crippen molar-refractivity contribution in [2.75, 3.05) is 6.61 Å². The molecule has 0 rings (SSSR count). The molecular formula is C14H30O. The van der Waals surface area contributed by atoms with Gasteiger partial charge in [-0.05, 0) is 31.1 Å². The van der Waals surface area contributed by atoms with E-state index in [9.17, 15) is 0 Å². The van der Waals surface area contributed by atoms with Crippen molar-refractivity contribution in [2.45, 2.75) is 73.3 Å². The Morgan fingerprint density at radius 3 is 2.00 bits per heavy atom. The van der Waals surface area contributed by atoms with Crippen molar-refractivity contribution < 1.29 is 4.74 Å². The molecule has 0 heterocycles. The predicted octanol–water partition coefficient (Wildman–Crippen LogP) is 4.65. The van der Waals surface area contributed by atoms with Crippen LogP contribution in [0.3, 0.4) is 0 Å². The molecule has 0 aliphatic heterocycles. The summed E-state index contributed by atoms with van der Waals surface area (Å²) in [5.74, 6) is 0.633. The molecule has 0 aromatic heterocycles. The highest BCUT2D eigenvalue weighted by Gasteiger charge is 2.18. The summed E-state index contributed by atoms with van der Waals surface area (Å²) in [4.78, 5) is 0. The lowest BCUT2D eigenvalue weighted by atomic mass is 9.80. The molecule has 92 valence electrons. The van der Waals surface area contributed by atoms with Gasteiger partial charge >= 0.3 is 0 Å². The minimum absolute atomic E-state index is 0.402. The second-order valence-corrected chi connectivity index (χ2v) is 5.44. The molecule has 0 radical (unpaired) electrons. The highest BCUT2D eigenvalue weighted by atomic mass is 16.5. The third-order valence-corrected chi connectivity index (χ3v) is 3.95. The summed E-state index contributed by atoms with van der Waals surface area (Å²) in [5, 5.41) is 0. The molecule has 1 unspecified atom stereocenters. The minimum Gasteiger partial charge on any atom is -0.378 e. The highest BCUT2D eigenvalue weighted by molar-refractivity contribution is 4.70. The summed E-state index contributed by atoms with van der Waals surface area (Å²) in [5.41, 5.74) is 0.532. The lowest BCUT2D eigenvalue weighted by Crippen LogP contribution is -2.18. The number of hydrogen-bond donors (Lipinski definition) is 0. The van der Waals surface area contributed by atoms with Crippen molar-refractivity contribution in [1.82, 2.24) is 0 Å². The zero-order chi connectivity index (χ0) is 11.9. The standard InChI is InChI=1S/C14H30O/c1-7-14(6,8-2)10-9-11-15-13(5)12(3)4/h12-13H,7-11H2,1-6H3. The van der Waals surface area contributed by atoms with E-state index in [1.54, 1.807) is 0 Å². The van der Waals surface area contributed by atoms with Gasteiger partial charge in [0, 0.05) is 6.61 Å². The van der Waals surface area contributed by atoms with Crippen LogP contribution < -0.4 is 0 Å². The summed E-state index contributed by atoms with van der Waals surface area (Å²) < 4.78 is 5.79. The molecule has 0 aliphatic rings. The van der Waals surface area contributed by atoms with Gasteiger partial charge in [0.1, 0.15) is 0 Å². The van der Waals surface area contributed by atoms with E-state index in [4.69, 9.17) is 4.74 Å². The Morgan fingerprint density at radius 1 is 1.07 bits per heavy atom. The second-order valence-electron chi connectivity index (χ2n) is 5.44. The van der Waals surface area contributed by atoms with Crippen LogP contribution in [0.1, 0.15) is 67.2 Å². The summed E-state index contributed by atoms with van der Waals surface area (Å²) in [6.45, 7) is 14.5. The van der Waals surface area contributed by atoms with Crippen LogP contribution in [0, 0.1) is 11.3 Å². The van der Waals surface area contributed by atoms with Crippen molar-refractivity contribution in [3.63, 3.8) is 0 Å². The van der Waals surface area contributed by atoms with Crippen LogP contribution >= 0.6 is 0 Å². The highest BCUT2D eigenvalue weighted by Crippen LogP contribution is 2.30. The van der Waals surface area contributed by atoms with Crippen LogP contribution in [0.25, 0.3) is 0 Å². The molecule has 0 saturated carbocycles. The van der Waals surface area contributed by atoms with E-state index >= 15 is 0 Å². The molecular weight excluding hydrogens is 184 g/mol. The average molecular weight is 214 g/mol. The first-order chi connectivity index (χ1) is 6.95. The van der Waals surface area contributed by atoms with Gasteiger partial charge in [-0.25, -0.2) is 0 Å². The van der Waals surface area contributed by atoms with Crippen LogP contribution in [0.2, 0.25) is 0 Å². The van der Waals surface area contributed by atoms with Crippen LogP contribution in [-0.4, -0.2) is 12.7 Å². The first kappa shape index (κ1) is 15.0. The zero-order valence-electron chi connectivity index (χ0n) is 11.6. The van der Waals surface area contributed by atoms with Crippen LogP contribution in [-0.2, 0) is 4.74 Å². The Hall–Kier alpha value is -0.0400. The minimum atomic E-state index is 0.402. The van der Waals surface area contributed by atoms with E-state index in [0.29, 0.717) is 17.4 Å². The molecule has 15 heavy (non-hydrogen) atoms. The normalized spacial score (nSPS) is 14.6. The van der Waals surface area contributed by atoms with Gasteiger partial charge in [0.25, 0.3) is 0 Å². The number of ether oxygens (including phenoxy) is 1. The maximum absolute atomic E-state index is 5.79. The third-order valence-electron chi connectivity index (χ3n) is 3.95. The van der Waals surface area contributed by atoms with Gasteiger partial charge in [-0.1, -0.05) is 47.5 Å². The molecule has 0 spiro atoms. The zero-order valence-corrected chi connectivity index (χ0v) is 11.6. The van der Waals surface area contributed by atoms with Gasteiger partial charge in [0.2, 0.25) is 0 Å². The van der Waals surface area contributed by atoms with Gasteiger partial charge in [-0.2, -0.15) is 0 Å². The lowest BCUT2D eigenvalue weighted by Gasteiger charge is -2.27. The third kappa shape index (κ3) is 6.19. The Labute approximate surface area is 96.6 Å². The Bertz CT molecular complexity index is 147. The predicted molar refractivity (Wildman–Crippen MR) is 68.2 cm³/mol. The quantitative estimate of drug-likeness (QED) is 0.534. The smallest absolute Gasteiger partial charge is 0.0569 e. The molecule has 0 saturated heterocycles. The van der Waals surface area contributed by atoms with Crippen molar-refractivity contribution >= 4 is 0 Å². The molecule has 1 atom stereocenters. The van der Waals surface area contributed by atoms with Crippen LogP contribution in [0.4, 0.5) is 0 Å². The van der Waals surface area contributed by atoms with Gasteiger partial charge < -0.3 is 4.74 Å². The van der Waals surface area contributed by atoms with Crippen molar-refractivity contribution in [3.05, 3.63) is 0 Å². The second kappa shape index (κ2) is 7.27. The first-order valence-electron chi connectivity index (χ1n) is 6.56. The van der Waals surface area contributed by atoms with E-state index in [2.05, 4.69) is 41.5 Å². The van der Waals surface area contributed by atoms with Crippen molar-refractivity contribution in [2.24, 2.45) is 11.3 Å². The Kier molecular flexibility index (Phi) is 7.25. The number of hydrogen-bond acceptors (Lipinski definition) is 1. The van der Waals surface area contributed by atoms with Gasteiger partial charge in [-0.3, -0.25) is 0 Å². The fourth-order valence-electron chi connectivity index (χ4n) is 1.56. The Balaban J connectivity index is 3.62. The largest absolute Gasteiger partial charge is 0.378 e. The Morgan fingerprint density at radius 2 is 1.60 bits per heavy atom. The molecule has 0 fully saturated rings. The van der Waals surface area contributed by atoms with Crippen LogP contribution in [0.5, 0.6) is 0 Å². The summed E-state index contributed by atoms with van der Waals surface area (Å²) >= 11 is 0. The van der Waals surface area contributed by atoms with E-state index in [1.807, 2.05) is 0 Å². The average Bonchev–Trinajstić information content (AvgIpc) is 2.23. The van der Waals surface area contributed by atoms with Crippen LogP contribution in [0.15, 0.2) is 0 Å². The summed E-state index contributed by atoms with van der Waals surface area (Å²) in [7, 11) is 0. The number of rotatable bonds is 8. The van der Waals surface area contributed by atoms with Crippen molar-refractivity contribution in [3.8, 4) is 0 Å². The molecule has 0 N–H and O–H groups in total. The monoisotopic (exact) mass is 214 g/mol. The summed E-state index contributed by atoms with van der Waals surface area (Å²) in [6.07, 6.45) is 5.46.